The van der Waals surface area contributed by atoms with Gasteiger partial charge in [-0.05, 0) is 32.0 Å². The molecule has 3 rings (SSSR count). The second-order valence-corrected chi connectivity index (χ2v) is 4.17. The fourth-order valence-corrected chi connectivity index (χ4v) is 1.89. The Labute approximate surface area is 105 Å². The molecule has 1 aromatic carbocycles. The summed E-state index contributed by atoms with van der Waals surface area (Å²) in [4.78, 5) is 8.66. The van der Waals surface area contributed by atoms with E-state index in [4.69, 9.17) is 9.47 Å². The van der Waals surface area contributed by atoms with E-state index in [1.165, 1.54) is 0 Å². The Morgan fingerprint density at radius 1 is 1.00 bits per heavy atom. The first kappa shape index (κ1) is 10.8. The summed E-state index contributed by atoms with van der Waals surface area (Å²) in [5, 5.41) is 3.16. The van der Waals surface area contributed by atoms with Gasteiger partial charge in [-0.2, -0.15) is 0 Å². The third-order valence-electron chi connectivity index (χ3n) is 2.61. The van der Waals surface area contributed by atoms with Crippen LogP contribution in [-0.4, -0.2) is 16.8 Å². The van der Waals surface area contributed by atoms with Gasteiger partial charge in [-0.1, -0.05) is 0 Å². The molecule has 0 fully saturated rings. The van der Waals surface area contributed by atoms with Crippen molar-refractivity contribution in [1.29, 1.82) is 0 Å². The third kappa shape index (κ3) is 2.07. The van der Waals surface area contributed by atoms with Crippen LogP contribution in [-0.2, 0) is 0 Å². The molecular weight excluding hydrogens is 230 g/mol. The lowest BCUT2D eigenvalue weighted by atomic mass is 10.3. The van der Waals surface area contributed by atoms with E-state index in [1.54, 1.807) is 0 Å². The molecule has 0 atom stereocenters. The lowest BCUT2D eigenvalue weighted by molar-refractivity contribution is 0.174. The summed E-state index contributed by atoms with van der Waals surface area (Å²) >= 11 is 0. The molecule has 0 radical (unpaired) electrons. The molecule has 0 unspecified atom stereocenters. The molecule has 0 spiro atoms. The van der Waals surface area contributed by atoms with Gasteiger partial charge in [0.1, 0.15) is 0 Å². The molecule has 2 aromatic rings. The number of fused-ring (bicyclic) bond motifs is 1. The Balaban J connectivity index is 1.88. The van der Waals surface area contributed by atoms with E-state index >= 15 is 0 Å². The molecule has 5 nitrogen and oxygen atoms in total. The molecular formula is C13H13N3O2. The molecule has 0 aliphatic carbocycles. The Kier molecular flexibility index (Phi) is 2.51. The summed E-state index contributed by atoms with van der Waals surface area (Å²) in [6, 6.07) is 7.59. The predicted octanol–water partition coefficient (Wildman–Crippen LogP) is 2.57. The van der Waals surface area contributed by atoms with E-state index < -0.39 is 0 Å². The van der Waals surface area contributed by atoms with Gasteiger partial charge in [0.2, 0.25) is 12.7 Å². The Bertz CT molecular complexity index is 579. The summed E-state index contributed by atoms with van der Waals surface area (Å²) in [7, 11) is 0. The molecule has 0 amide bonds. The molecule has 18 heavy (non-hydrogen) atoms. The van der Waals surface area contributed by atoms with Crippen molar-refractivity contribution in [3.8, 4) is 11.5 Å². The number of aryl methyl sites for hydroxylation is 2. The molecule has 0 saturated carbocycles. The maximum Gasteiger partial charge on any atom is 0.231 e. The minimum Gasteiger partial charge on any atom is -0.454 e. The fraction of sp³-hybridized carbons (Fsp3) is 0.231. The predicted molar refractivity (Wildman–Crippen MR) is 67.4 cm³/mol. The van der Waals surface area contributed by atoms with Crippen molar-refractivity contribution in [3.05, 3.63) is 35.7 Å². The first-order chi connectivity index (χ1) is 8.70. The van der Waals surface area contributed by atoms with Crippen molar-refractivity contribution in [2.75, 3.05) is 12.1 Å². The molecule has 92 valence electrons. The van der Waals surface area contributed by atoms with Crippen LogP contribution in [0.25, 0.3) is 0 Å². The van der Waals surface area contributed by atoms with E-state index in [9.17, 15) is 0 Å². The van der Waals surface area contributed by atoms with Gasteiger partial charge in [-0.25, -0.2) is 9.97 Å². The highest BCUT2D eigenvalue weighted by atomic mass is 16.7. The van der Waals surface area contributed by atoms with Crippen LogP contribution < -0.4 is 14.8 Å². The number of anilines is 2. The average Bonchev–Trinajstić information content (AvgIpc) is 2.74. The number of benzene rings is 1. The molecule has 0 bridgehead atoms. The average molecular weight is 243 g/mol. The van der Waals surface area contributed by atoms with Crippen molar-refractivity contribution >= 4 is 11.6 Å². The highest BCUT2D eigenvalue weighted by Crippen LogP contribution is 2.34. The summed E-state index contributed by atoms with van der Waals surface area (Å²) in [5.41, 5.74) is 2.75. The van der Waals surface area contributed by atoms with Gasteiger partial charge in [-0.3, -0.25) is 0 Å². The summed E-state index contributed by atoms with van der Waals surface area (Å²) in [6.07, 6.45) is 0. The molecule has 0 saturated heterocycles. The summed E-state index contributed by atoms with van der Waals surface area (Å²) in [5.74, 6) is 2.10. The van der Waals surface area contributed by atoms with Gasteiger partial charge >= 0.3 is 0 Å². The zero-order valence-corrected chi connectivity index (χ0v) is 10.2. The molecule has 1 aliphatic rings. The second-order valence-electron chi connectivity index (χ2n) is 4.17. The van der Waals surface area contributed by atoms with E-state index in [0.29, 0.717) is 5.95 Å². The smallest absolute Gasteiger partial charge is 0.231 e. The van der Waals surface area contributed by atoms with Crippen LogP contribution in [0, 0.1) is 13.8 Å². The Morgan fingerprint density at radius 3 is 2.50 bits per heavy atom. The Morgan fingerprint density at radius 2 is 1.72 bits per heavy atom. The zero-order valence-electron chi connectivity index (χ0n) is 10.2. The number of nitrogens with one attached hydrogen (secondary N) is 1. The highest BCUT2D eigenvalue weighted by Gasteiger charge is 2.13. The van der Waals surface area contributed by atoms with Crippen LogP contribution >= 0.6 is 0 Å². The summed E-state index contributed by atoms with van der Waals surface area (Å²) in [6.45, 7) is 4.16. The first-order valence-corrected chi connectivity index (χ1v) is 5.70. The van der Waals surface area contributed by atoms with Crippen molar-refractivity contribution in [2.45, 2.75) is 13.8 Å². The maximum absolute atomic E-state index is 5.32. The number of nitrogens with zero attached hydrogens (tertiary/aromatic N) is 2. The number of hydrogen-bond donors (Lipinski definition) is 1. The van der Waals surface area contributed by atoms with Crippen molar-refractivity contribution in [1.82, 2.24) is 9.97 Å². The molecule has 5 heteroatoms. The van der Waals surface area contributed by atoms with E-state index in [1.807, 2.05) is 38.1 Å². The molecule has 1 aliphatic heterocycles. The van der Waals surface area contributed by atoms with E-state index in [-0.39, 0.29) is 6.79 Å². The monoisotopic (exact) mass is 243 g/mol. The molecule has 1 N–H and O–H groups in total. The summed E-state index contributed by atoms with van der Waals surface area (Å²) < 4.78 is 10.6. The minimum absolute atomic E-state index is 0.277. The van der Waals surface area contributed by atoms with Gasteiger partial charge in [0.25, 0.3) is 0 Å². The number of aromatic nitrogens is 2. The van der Waals surface area contributed by atoms with Gasteiger partial charge in [-0.15, -0.1) is 0 Å². The number of hydrogen-bond acceptors (Lipinski definition) is 5. The van der Waals surface area contributed by atoms with Crippen LogP contribution in [0.3, 0.4) is 0 Å². The van der Waals surface area contributed by atoms with Crippen molar-refractivity contribution < 1.29 is 9.47 Å². The standard InChI is InChI=1S/C13H13N3O2/c1-8-5-9(2)15-13(14-8)16-10-3-4-11-12(6-10)18-7-17-11/h3-6H,7H2,1-2H3,(H,14,15,16). The molecule has 1 aromatic heterocycles. The fourth-order valence-electron chi connectivity index (χ4n) is 1.89. The second kappa shape index (κ2) is 4.18. The van der Waals surface area contributed by atoms with E-state index in [2.05, 4.69) is 15.3 Å². The SMILES string of the molecule is Cc1cc(C)nc(Nc2ccc3c(c2)OCO3)n1. The Hall–Kier alpha value is -2.30. The third-order valence-corrected chi connectivity index (χ3v) is 2.61. The van der Waals surface area contributed by atoms with Crippen molar-refractivity contribution in [3.63, 3.8) is 0 Å². The van der Waals surface area contributed by atoms with Gasteiger partial charge in [0.05, 0.1) is 0 Å². The maximum atomic E-state index is 5.32. The lowest BCUT2D eigenvalue weighted by Gasteiger charge is -2.07. The highest BCUT2D eigenvalue weighted by molar-refractivity contribution is 5.60. The van der Waals surface area contributed by atoms with Crippen molar-refractivity contribution in [2.24, 2.45) is 0 Å². The topological polar surface area (TPSA) is 56.3 Å². The van der Waals surface area contributed by atoms with Crippen LogP contribution in [0.2, 0.25) is 0 Å². The van der Waals surface area contributed by atoms with Gasteiger partial charge in [0.15, 0.2) is 11.5 Å². The number of ether oxygens (including phenoxy) is 2. The van der Waals surface area contributed by atoms with Crippen LogP contribution in [0.15, 0.2) is 24.3 Å². The largest absolute Gasteiger partial charge is 0.454 e. The van der Waals surface area contributed by atoms with Gasteiger partial charge in [0, 0.05) is 23.1 Å². The normalized spacial score (nSPS) is 12.6. The van der Waals surface area contributed by atoms with Crippen LogP contribution in [0.1, 0.15) is 11.4 Å². The number of rotatable bonds is 2. The zero-order chi connectivity index (χ0) is 12.5. The lowest BCUT2D eigenvalue weighted by Crippen LogP contribution is -1.99. The minimum atomic E-state index is 0.277. The first-order valence-electron chi connectivity index (χ1n) is 5.70. The quantitative estimate of drug-likeness (QED) is 0.878. The van der Waals surface area contributed by atoms with Gasteiger partial charge < -0.3 is 14.8 Å². The molecule has 2 heterocycles. The van der Waals surface area contributed by atoms with Crippen LogP contribution in [0.5, 0.6) is 11.5 Å². The van der Waals surface area contributed by atoms with E-state index in [0.717, 1.165) is 28.6 Å². The van der Waals surface area contributed by atoms with Crippen LogP contribution in [0.4, 0.5) is 11.6 Å².